The Hall–Kier alpha value is -2.07. The first-order chi connectivity index (χ1) is 10.3. The van der Waals surface area contributed by atoms with Crippen LogP contribution in [0.1, 0.15) is 16.7 Å². The maximum atomic E-state index is 4.38. The Morgan fingerprint density at radius 1 is 1.05 bits per heavy atom. The topological polar surface area (TPSA) is 36.8 Å². The molecule has 0 bridgehead atoms. The molecule has 3 rings (SSSR count). The van der Waals surface area contributed by atoms with Crippen molar-refractivity contribution in [3.63, 3.8) is 0 Å². The summed E-state index contributed by atoms with van der Waals surface area (Å²) in [6, 6.07) is 19.2. The number of amidine groups is 1. The van der Waals surface area contributed by atoms with Crippen LogP contribution in [0.2, 0.25) is 0 Å². The van der Waals surface area contributed by atoms with Crippen molar-refractivity contribution in [1.82, 2.24) is 5.43 Å². The van der Waals surface area contributed by atoms with Crippen molar-refractivity contribution >= 4 is 22.6 Å². The molecule has 0 saturated carbocycles. The molecule has 0 radical (unpaired) electrons. The highest BCUT2D eigenvalue weighted by molar-refractivity contribution is 8.14. The van der Waals surface area contributed by atoms with Gasteiger partial charge in [-0.15, -0.1) is 0 Å². The molecule has 3 nitrogen and oxygen atoms in total. The number of nitrogens with one attached hydrogen (secondary N) is 1. The molecule has 2 aromatic carbocycles. The molecule has 1 N–H and O–H groups in total. The van der Waals surface area contributed by atoms with Crippen LogP contribution in [0.5, 0.6) is 0 Å². The summed E-state index contributed by atoms with van der Waals surface area (Å²) in [7, 11) is 1.77. The van der Waals surface area contributed by atoms with E-state index in [1.807, 2.05) is 6.07 Å². The Morgan fingerprint density at radius 3 is 2.38 bits per heavy atom. The molecule has 0 aromatic heterocycles. The second kappa shape index (κ2) is 6.59. The molecule has 0 fully saturated rings. The van der Waals surface area contributed by atoms with Gasteiger partial charge in [-0.25, -0.2) is 0 Å². The molecule has 0 saturated heterocycles. The summed E-state index contributed by atoms with van der Waals surface area (Å²) in [5.41, 5.74) is 7.86. The molecule has 1 aliphatic heterocycles. The molecular formula is C17H17N3S. The minimum atomic E-state index is 0.859. The lowest BCUT2D eigenvalue weighted by molar-refractivity contribution is 1.03. The van der Waals surface area contributed by atoms with Crippen molar-refractivity contribution in [3.8, 4) is 0 Å². The predicted molar refractivity (Wildman–Crippen MR) is 91.2 cm³/mol. The summed E-state index contributed by atoms with van der Waals surface area (Å²) in [4.78, 5) is 4.10. The summed E-state index contributed by atoms with van der Waals surface area (Å²) < 4.78 is 0. The first kappa shape index (κ1) is 13.9. The van der Waals surface area contributed by atoms with Crippen molar-refractivity contribution in [2.24, 2.45) is 10.1 Å². The molecule has 106 valence electrons. The fourth-order valence-corrected chi connectivity index (χ4v) is 2.97. The Balaban J connectivity index is 1.71. The minimum absolute atomic E-state index is 0.859. The van der Waals surface area contributed by atoms with Crippen molar-refractivity contribution in [1.29, 1.82) is 0 Å². The largest absolute Gasteiger partial charge is 0.265 e. The van der Waals surface area contributed by atoms with Gasteiger partial charge in [-0.2, -0.15) is 5.10 Å². The van der Waals surface area contributed by atoms with E-state index in [-0.39, 0.29) is 0 Å². The Labute approximate surface area is 129 Å². The average Bonchev–Trinajstić information content (AvgIpc) is 2.57. The first-order valence-corrected chi connectivity index (χ1v) is 7.89. The molecule has 0 atom stereocenters. The van der Waals surface area contributed by atoms with E-state index in [2.05, 4.69) is 64.1 Å². The fourth-order valence-electron chi connectivity index (χ4n) is 2.23. The number of benzene rings is 2. The van der Waals surface area contributed by atoms with Crippen molar-refractivity contribution < 1.29 is 0 Å². The highest BCUT2D eigenvalue weighted by Gasteiger charge is 2.12. The van der Waals surface area contributed by atoms with Crippen molar-refractivity contribution in [2.75, 3.05) is 12.8 Å². The number of hydrazone groups is 1. The molecule has 1 aliphatic rings. The van der Waals surface area contributed by atoms with Gasteiger partial charge in [0, 0.05) is 12.8 Å². The Morgan fingerprint density at radius 2 is 1.76 bits per heavy atom. The van der Waals surface area contributed by atoms with Gasteiger partial charge in [0.15, 0.2) is 5.17 Å². The van der Waals surface area contributed by atoms with Crippen LogP contribution in [0.3, 0.4) is 0 Å². The van der Waals surface area contributed by atoms with E-state index in [9.17, 15) is 0 Å². The average molecular weight is 295 g/mol. The summed E-state index contributed by atoms with van der Waals surface area (Å²) in [6.45, 7) is 0. The summed E-state index contributed by atoms with van der Waals surface area (Å²) in [5, 5.41) is 5.26. The minimum Gasteiger partial charge on any atom is -0.265 e. The number of nitrogens with zero attached hydrogens (tertiary/aromatic N) is 2. The zero-order chi connectivity index (χ0) is 14.5. The van der Waals surface area contributed by atoms with E-state index in [0.717, 1.165) is 23.1 Å². The third kappa shape index (κ3) is 3.52. The molecule has 4 heteroatoms. The second-order valence-electron chi connectivity index (χ2n) is 4.85. The number of hydrogen-bond acceptors (Lipinski definition) is 3. The zero-order valence-electron chi connectivity index (χ0n) is 11.9. The Kier molecular flexibility index (Phi) is 4.36. The van der Waals surface area contributed by atoms with Gasteiger partial charge in [-0.05, 0) is 23.1 Å². The number of rotatable bonds is 3. The smallest absolute Gasteiger partial charge is 0.177 e. The highest BCUT2D eigenvalue weighted by atomic mass is 32.2. The van der Waals surface area contributed by atoms with Crippen LogP contribution in [-0.2, 0) is 6.42 Å². The van der Waals surface area contributed by atoms with Crippen molar-refractivity contribution in [3.05, 3.63) is 71.3 Å². The van der Waals surface area contributed by atoms with E-state index in [0.29, 0.717) is 0 Å². The predicted octanol–water partition coefficient (Wildman–Crippen LogP) is 3.30. The molecule has 2 aromatic rings. The molecule has 1 heterocycles. The van der Waals surface area contributed by atoms with Crippen LogP contribution >= 0.6 is 11.8 Å². The molecule has 21 heavy (non-hydrogen) atoms. The molecule has 0 aliphatic carbocycles. The van der Waals surface area contributed by atoms with E-state index in [1.54, 1.807) is 18.8 Å². The lowest BCUT2D eigenvalue weighted by atomic mass is 10.0. The lowest BCUT2D eigenvalue weighted by Gasteiger charge is -2.14. The molecular weight excluding hydrogens is 278 g/mol. The normalized spacial score (nSPS) is 16.4. The summed E-state index contributed by atoms with van der Waals surface area (Å²) in [5.74, 6) is 0.859. The molecule has 0 unspecified atom stereocenters. The van der Waals surface area contributed by atoms with Gasteiger partial charge >= 0.3 is 0 Å². The van der Waals surface area contributed by atoms with Crippen LogP contribution in [0.4, 0.5) is 0 Å². The molecule has 0 spiro atoms. The number of thioether (sulfide) groups is 1. The van der Waals surface area contributed by atoms with Crippen LogP contribution in [0, 0.1) is 0 Å². The zero-order valence-corrected chi connectivity index (χ0v) is 12.7. The summed E-state index contributed by atoms with van der Waals surface area (Å²) >= 11 is 1.68. The van der Waals surface area contributed by atoms with Gasteiger partial charge < -0.3 is 0 Å². The Bertz CT molecular complexity index is 660. The third-order valence-corrected chi connectivity index (χ3v) is 4.34. The van der Waals surface area contributed by atoms with Gasteiger partial charge in [0.05, 0.1) is 5.71 Å². The van der Waals surface area contributed by atoms with E-state index < -0.39 is 0 Å². The highest BCUT2D eigenvalue weighted by Crippen LogP contribution is 2.15. The molecule has 0 amide bonds. The maximum absolute atomic E-state index is 4.38. The second-order valence-corrected chi connectivity index (χ2v) is 5.81. The monoisotopic (exact) mass is 295 g/mol. The SMILES string of the molecule is CN=C1NN=C(c2ccc(Cc3ccccc3)cc2)CS1. The van der Waals surface area contributed by atoms with Crippen LogP contribution in [0.25, 0.3) is 0 Å². The summed E-state index contributed by atoms with van der Waals surface area (Å²) in [6.07, 6.45) is 0.966. The fraction of sp³-hybridized carbons (Fsp3) is 0.176. The van der Waals surface area contributed by atoms with E-state index >= 15 is 0 Å². The van der Waals surface area contributed by atoms with Gasteiger partial charge in [-0.1, -0.05) is 66.4 Å². The van der Waals surface area contributed by atoms with Gasteiger partial charge in [0.1, 0.15) is 0 Å². The lowest BCUT2D eigenvalue weighted by Crippen LogP contribution is -2.25. The third-order valence-electron chi connectivity index (χ3n) is 3.37. The quantitative estimate of drug-likeness (QED) is 0.943. The first-order valence-electron chi connectivity index (χ1n) is 6.90. The van der Waals surface area contributed by atoms with Gasteiger partial charge in [0.25, 0.3) is 0 Å². The number of hydrogen-bond donors (Lipinski definition) is 1. The van der Waals surface area contributed by atoms with Gasteiger partial charge in [0.2, 0.25) is 0 Å². The van der Waals surface area contributed by atoms with Crippen LogP contribution in [0.15, 0.2) is 64.7 Å². The van der Waals surface area contributed by atoms with Crippen LogP contribution < -0.4 is 5.43 Å². The van der Waals surface area contributed by atoms with E-state index in [4.69, 9.17) is 0 Å². The standard InChI is InChI=1S/C17H17N3S/c1-18-17-20-19-16(12-21-17)15-9-7-14(8-10-15)11-13-5-3-2-4-6-13/h2-10H,11-12H2,1H3,(H,18,20). The van der Waals surface area contributed by atoms with Crippen molar-refractivity contribution in [2.45, 2.75) is 6.42 Å². The maximum Gasteiger partial charge on any atom is 0.177 e. The number of aliphatic imine (C=N–C) groups is 1. The van der Waals surface area contributed by atoms with Gasteiger partial charge in [-0.3, -0.25) is 10.4 Å². The van der Waals surface area contributed by atoms with E-state index in [1.165, 1.54) is 16.7 Å². The van der Waals surface area contributed by atoms with Crippen LogP contribution in [-0.4, -0.2) is 23.7 Å².